The van der Waals surface area contributed by atoms with Crippen LogP contribution in [0.15, 0.2) is 24.5 Å². The topological polar surface area (TPSA) is 59.2 Å². The number of carbonyl (C=O) groups is 1. The standard InChI is InChI=1S/C17H27N3O/c18-10-6-12-20(14-15-7-5-11-19-13-15)17(21)16-8-3-1-2-4-9-16/h5,7,11,13,16H,1-4,6,8-10,12,14,18H2. The quantitative estimate of drug-likeness (QED) is 0.819. The van der Waals surface area contributed by atoms with Crippen LogP contribution in [0.3, 0.4) is 0 Å². The van der Waals surface area contributed by atoms with Gasteiger partial charge in [-0.25, -0.2) is 0 Å². The summed E-state index contributed by atoms with van der Waals surface area (Å²) < 4.78 is 0. The van der Waals surface area contributed by atoms with Crippen LogP contribution in [-0.4, -0.2) is 28.9 Å². The van der Waals surface area contributed by atoms with Gasteiger partial charge in [-0.2, -0.15) is 0 Å². The Morgan fingerprint density at radius 3 is 2.67 bits per heavy atom. The highest BCUT2D eigenvalue weighted by Crippen LogP contribution is 2.25. The summed E-state index contributed by atoms with van der Waals surface area (Å²) in [5.74, 6) is 0.524. The summed E-state index contributed by atoms with van der Waals surface area (Å²) in [6.07, 6.45) is 11.5. The minimum atomic E-state index is 0.210. The van der Waals surface area contributed by atoms with Crippen molar-refractivity contribution in [3.8, 4) is 0 Å². The second kappa shape index (κ2) is 8.78. The fourth-order valence-corrected chi connectivity index (χ4v) is 3.05. The van der Waals surface area contributed by atoms with Crippen LogP contribution in [0.4, 0.5) is 0 Å². The second-order valence-electron chi connectivity index (χ2n) is 5.95. The van der Waals surface area contributed by atoms with Gasteiger partial charge in [-0.05, 0) is 37.4 Å². The molecule has 1 amide bonds. The molecule has 0 aromatic carbocycles. The molecule has 0 radical (unpaired) electrons. The zero-order chi connectivity index (χ0) is 14.9. The van der Waals surface area contributed by atoms with Gasteiger partial charge in [-0.3, -0.25) is 9.78 Å². The second-order valence-corrected chi connectivity index (χ2v) is 5.95. The number of nitrogens with zero attached hydrogens (tertiary/aromatic N) is 2. The predicted molar refractivity (Wildman–Crippen MR) is 84.5 cm³/mol. The van der Waals surface area contributed by atoms with Gasteiger partial charge >= 0.3 is 0 Å². The van der Waals surface area contributed by atoms with Crippen molar-refractivity contribution in [1.82, 2.24) is 9.88 Å². The van der Waals surface area contributed by atoms with E-state index in [0.717, 1.165) is 31.4 Å². The van der Waals surface area contributed by atoms with Crippen LogP contribution >= 0.6 is 0 Å². The van der Waals surface area contributed by atoms with Gasteiger partial charge in [0.2, 0.25) is 5.91 Å². The summed E-state index contributed by atoms with van der Waals surface area (Å²) in [5.41, 5.74) is 6.72. The van der Waals surface area contributed by atoms with Crippen molar-refractivity contribution in [3.63, 3.8) is 0 Å². The van der Waals surface area contributed by atoms with Gasteiger partial charge < -0.3 is 10.6 Å². The highest BCUT2D eigenvalue weighted by molar-refractivity contribution is 5.78. The van der Waals surface area contributed by atoms with Crippen LogP contribution < -0.4 is 5.73 Å². The third-order valence-corrected chi connectivity index (χ3v) is 4.24. The Morgan fingerprint density at radius 2 is 2.05 bits per heavy atom. The maximum Gasteiger partial charge on any atom is 0.225 e. The molecule has 0 saturated heterocycles. The average molecular weight is 289 g/mol. The summed E-state index contributed by atoms with van der Waals surface area (Å²) in [4.78, 5) is 19.0. The molecule has 116 valence electrons. The van der Waals surface area contributed by atoms with E-state index in [1.165, 1.54) is 25.7 Å². The molecule has 1 saturated carbocycles. The Bertz CT molecular complexity index is 413. The molecule has 4 nitrogen and oxygen atoms in total. The number of carbonyl (C=O) groups excluding carboxylic acids is 1. The third-order valence-electron chi connectivity index (χ3n) is 4.24. The number of nitrogens with two attached hydrogens (primary N) is 1. The molecule has 1 fully saturated rings. The van der Waals surface area contributed by atoms with Gasteiger partial charge in [0.1, 0.15) is 0 Å². The Balaban J connectivity index is 2.01. The van der Waals surface area contributed by atoms with Crippen molar-refractivity contribution < 1.29 is 4.79 Å². The molecule has 0 unspecified atom stereocenters. The Hall–Kier alpha value is -1.42. The molecule has 21 heavy (non-hydrogen) atoms. The maximum absolute atomic E-state index is 12.8. The lowest BCUT2D eigenvalue weighted by atomic mass is 9.98. The van der Waals surface area contributed by atoms with E-state index in [0.29, 0.717) is 19.0 Å². The average Bonchev–Trinajstić information content (AvgIpc) is 2.81. The summed E-state index contributed by atoms with van der Waals surface area (Å²) in [5, 5.41) is 0. The Morgan fingerprint density at radius 1 is 1.29 bits per heavy atom. The highest BCUT2D eigenvalue weighted by Gasteiger charge is 2.24. The lowest BCUT2D eigenvalue weighted by molar-refractivity contribution is -0.136. The van der Waals surface area contributed by atoms with Crippen LogP contribution in [0.5, 0.6) is 0 Å². The molecule has 2 N–H and O–H groups in total. The molecule has 0 bridgehead atoms. The molecule has 1 aliphatic rings. The van der Waals surface area contributed by atoms with Crippen LogP contribution in [0.1, 0.15) is 50.5 Å². The SMILES string of the molecule is NCCCN(Cc1cccnc1)C(=O)C1CCCCCC1. The molecule has 4 heteroatoms. The predicted octanol–water partition coefficient (Wildman–Crippen LogP) is 2.73. The first-order chi connectivity index (χ1) is 10.3. The number of amides is 1. The van der Waals surface area contributed by atoms with E-state index in [-0.39, 0.29) is 5.92 Å². The Labute approximate surface area is 127 Å². The van der Waals surface area contributed by atoms with Gasteiger partial charge in [-0.15, -0.1) is 0 Å². The lowest BCUT2D eigenvalue weighted by Gasteiger charge is -2.27. The van der Waals surface area contributed by atoms with Crippen LogP contribution in [0, 0.1) is 5.92 Å². The molecule has 0 aliphatic heterocycles. The number of rotatable bonds is 6. The number of hydrogen-bond donors (Lipinski definition) is 1. The van der Waals surface area contributed by atoms with Crippen molar-refractivity contribution in [2.24, 2.45) is 11.7 Å². The fraction of sp³-hybridized carbons (Fsp3) is 0.647. The minimum Gasteiger partial charge on any atom is -0.338 e. The van der Waals surface area contributed by atoms with Crippen molar-refractivity contribution in [2.45, 2.75) is 51.5 Å². The molecule has 2 rings (SSSR count). The number of aromatic nitrogens is 1. The summed E-state index contributed by atoms with van der Waals surface area (Å²) in [7, 11) is 0. The maximum atomic E-state index is 12.8. The van der Waals surface area contributed by atoms with E-state index < -0.39 is 0 Å². The minimum absolute atomic E-state index is 0.210. The third kappa shape index (κ3) is 5.12. The van der Waals surface area contributed by atoms with Crippen molar-refractivity contribution >= 4 is 5.91 Å². The molecule has 1 aromatic rings. The van der Waals surface area contributed by atoms with Gasteiger partial charge in [0.25, 0.3) is 0 Å². The number of hydrogen-bond acceptors (Lipinski definition) is 3. The monoisotopic (exact) mass is 289 g/mol. The molecule has 1 heterocycles. The zero-order valence-corrected chi connectivity index (χ0v) is 12.8. The Kier molecular flexibility index (Phi) is 6.67. The first kappa shape index (κ1) is 16.0. The smallest absolute Gasteiger partial charge is 0.225 e. The van der Waals surface area contributed by atoms with Gasteiger partial charge in [-0.1, -0.05) is 31.7 Å². The van der Waals surface area contributed by atoms with Crippen LogP contribution in [0.2, 0.25) is 0 Å². The van der Waals surface area contributed by atoms with Gasteiger partial charge in [0, 0.05) is 31.4 Å². The van der Waals surface area contributed by atoms with Gasteiger partial charge in [0.15, 0.2) is 0 Å². The van der Waals surface area contributed by atoms with Crippen LogP contribution in [-0.2, 0) is 11.3 Å². The van der Waals surface area contributed by atoms with E-state index in [2.05, 4.69) is 4.98 Å². The molecular formula is C17H27N3O. The van der Waals surface area contributed by atoms with E-state index in [1.54, 1.807) is 6.20 Å². The van der Waals surface area contributed by atoms with E-state index in [1.807, 2.05) is 23.2 Å². The first-order valence-corrected chi connectivity index (χ1v) is 8.19. The highest BCUT2D eigenvalue weighted by atomic mass is 16.2. The molecule has 0 atom stereocenters. The lowest BCUT2D eigenvalue weighted by Crippen LogP contribution is -2.37. The molecule has 1 aromatic heterocycles. The fourth-order valence-electron chi connectivity index (χ4n) is 3.05. The van der Waals surface area contributed by atoms with Gasteiger partial charge in [0.05, 0.1) is 0 Å². The van der Waals surface area contributed by atoms with E-state index >= 15 is 0 Å². The van der Waals surface area contributed by atoms with Crippen LogP contribution in [0.25, 0.3) is 0 Å². The summed E-state index contributed by atoms with van der Waals surface area (Å²) >= 11 is 0. The summed E-state index contributed by atoms with van der Waals surface area (Å²) in [6, 6.07) is 3.95. The van der Waals surface area contributed by atoms with Crippen molar-refractivity contribution in [1.29, 1.82) is 0 Å². The molecule has 1 aliphatic carbocycles. The molecular weight excluding hydrogens is 262 g/mol. The number of pyridine rings is 1. The van der Waals surface area contributed by atoms with E-state index in [9.17, 15) is 4.79 Å². The summed E-state index contributed by atoms with van der Waals surface area (Å²) in [6.45, 7) is 2.03. The first-order valence-electron chi connectivity index (χ1n) is 8.19. The molecule has 0 spiro atoms. The normalized spacial score (nSPS) is 16.4. The van der Waals surface area contributed by atoms with E-state index in [4.69, 9.17) is 5.73 Å². The van der Waals surface area contributed by atoms with Crippen molar-refractivity contribution in [3.05, 3.63) is 30.1 Å². The largest absolute Gasteiger partial charge is 0.338 e. The zero-order valence-electron chi connectivity index (χ0n) is 12.8. The van der Waals surface area contributed by atoms with Crippen molar-refractivity contribution in [2.75, 3.05) is 13.1 Å².